The fourth-order valence-corrected chi connectivity index (χ4v) is 4.22. The van der Waals surface area contributed by atoms with Crippen LogP contribution < -0.4 is 5.32 Å². The van der Waals surface area contributed by atoms with E-state index in [0.717, 1.165) is 5.92 Å². The molecule has 1 saturated heterocycles. The lowest BCUT2D eigenvalue weighted by molar-refractivity contribution is 0.0998. The highest BCUT2D eigenvalue weighted by atomic mass is 15.0. The zero-order chi connectivity index (χ0) is 12.6. The summed E-state index contributed by atoms with van der Waals surface area (Å²) in [5.74, 6) is 0.799. The molecule has 98 valence electrons. The molecule has 1 nitrogen and oxygen atoms in total. The van der Waals surface area contributed by atoms with Gasteiger partial charge in [0.1, 0.15) is 0 Å². The second kappa shape index (κ2) is 4.38. The summed E-state index contributed by atoms with van der Waals surface area (Å²) in [7, 11) is 0. The van der Waals surface area contributed by atoms with E-state index in [4.69, 9.17) is 0 Å². The molecule has 3 rings (SSSR count). The van der Waals surface area contributed by atoms with E-state index in [2.05, 4.69) is 49.5 Å². The third-order valence-electron chi connectivity index (χ3n) is 5.71. The molecule has 1 aliphatic heterocycles. The number of rotatable bonds is 1. The molecule has 18 heavy (non-hydrogen) atoms. The van der Waals surface area contributed by atoms with Gasteiger partial charge in [0.25, 0.3) is 0 Å². The van der Waals surface area contributed by atoms with Crippen molar-refractivity contribution in [3.05, 3.63) is 35.9 Å². The molecule has 0 radical (unpaired) electrons. The van der Waals surface area contributed by atoms with Crippen molar-refractivity contribution in [3.8, 4) is 0 Å². The Balaban J connectivity index is 1.72. The van der Waals surface area contributed by atoms with Crippen molar-refractivity contribution in [2.24, 2.45) is 5.41 Å². The van der Waals surface area contributed by atoms with Crippen LogP contribution in [0.1, 0.15) is 57.4 Å². The van der Waals surface area contributed by atoms with E-state index in [-0.39, 0.29) is 0 Å². The van der Waals surface area contributed by atoms with Crippen molar-refractivity contribution >= 4 is 0 Å². The van der Waals surface area contributed by atoms with Crippen LogP contribution in [-0.2, 0) is 0 Å². The molecule has 0 unspecified atom stereocenters. The smallest absolute Gasteiger partial charge is 0.0181 e. The Morgan fingerprint density at radius 1 is 1.00 bits per heavy atom. The second-order valence-electron chi connectivity index (χ2n) is 6.77. The molecule has 0 bridgehead atoms. The fourth-order valence-electron chi connectivity index (χ4n) is 4.22. The zero-order valence-electron chi connectivity index (χ0n) is 11.7. The fraction of sp³-hybridized carbons (Fsp3) is 0.647. The van der Waals surface area contributed by atoms with Crippen LogP contribution in [-0.4, -0.2) is 12.1 Å². The van der Waals surface area contributed by atoms with Crippen LogP contribution in [0.5, 0.6) is 0 Å². The summed E-state index contributed by atoms with van der Waals surface area (Å²) in [5.41, 5.74) is 2.46. The first-order valence-electron chi connectivity index (χ1n) is 7.43. The summed E-state index contributed by atoms with van der Waals surface area (Å²) in [6.07, 6.45) is 6.91. The topological polar surface area (TPSA) is 12.0 Å². The average Bonchev–Trinajstić information content (AvgIpc) is 2.67. The van der Waals surface area contributed by atoms with Crippen molar-refractivity contribution in [1.82, 2.24) is 5.32 Å². The van der Waals surface area contributed by atoms with Gasteiger partial charge in [0.15, 0.2) is 0 Å². The highest BCUT2D eigenvalue weighted by Crippen LogP contribution is 2.53. The Hall–Kier alpha value is -0.820. The van der Waals surface area contributed by atoms with Crippen LogP contribution in [0.4, 0.5) is 0 Å². The summed E-state index contributed by atoms with van der Waals surface area (Å²) < 4.78 is 0. The van der Waals surface area contributed by atoms with Gasteiger partial charge in [0.05, 0.1) is 0 Å². The van der Waals surface area contributed by atoms with Crippen molar-refractivity contribution in [1.29, 1.82) is 0 Å². The number of hydrogen-bond acceptors (Lipinski definition) is 1. The second-order valence-corrected chi connectivity index (χ2v) is 6.77. The van der Waals surface area contributed by atoms with Gasteiger partial charge in [-0.3, -0.25) is 0 Å². The maximum Gasteiger partial charge on any atom is 0.0181 e. The Labute approximate surface area is 111 Å². The Morgan fingerprint density at radius 2 is 1.67 bits per heavy atom. The van der Waals surface area contributed by atoms with E-state index in [0.29, 0.717) is 11.0 Å². The molecule has 1 saturated carbocycles. The van der Waals surface area contributed by atoms with E-state index in [1.807, 2.05) is 0 Å². The molecule has 2 aliphatic rings. The monoisotopic (exact) mass is 243 g/mol. The number of nitrogens with one attached hydrogen (secondary N) is 1. The van der Waals surface area contributed by atoms with Gasteiger partial charge in [-0.25, -0.2) is 0 Å². The Kier molecular flexibility index (Phi) is 2.97. The standard InChI is InChI=1S/C17H25N/c1-16(2)17(12-13-18-16)10-8-15(9-11-17)14-6-4-3-5-7-14/h3-7,15,18H,8-13H2,1-2H3. The maximum absolute atomic E-state index is 3.71. The van der Waals surface area contributed by atoms with Crippen LogP contribution in [0.3, 0.4) is 0 Å². The molecular weight excluding hydrogens is 218 g/mol. The minimum Gasteiger partial charge on any atom is -0.311 e. The highest BCUT2D eigenvalue weighted by Gasteiger charge is 2.49. The third-order valence-corrected chi connectivity index (χ3v) is 5.71. The van der Waals surface area contributed by atoms with E-state index < -0.39 is 0 Å². The molecule has 0 aromatic heterocycles. The van der Waals surface area contributed by atoms with E-state index in [9.17, 15) is 0 Å². The molecule has 0 atom stereocenters. The van der Waals surface area contributed by atoms with Gasteiger partial charge in [-0.1, -0.05) is 30.3 Å². The zero-order valence-corrected chi connectivity index (χ0v) is 11.7. The Bertz CT molecular complexity index is 399. The van der Waals surface area contributed by atoms with Crippen LogP contribution in [0, 0.1) is 5.41 Å². The largest absolute Gasteiger partial charge is 0.311 e. The minimum atomic E-state index is 0.342. The molecule has 0 amide bonds. The first-order chi connectivity index (χ1) is 8.63. The molecule has 1 heterocycles. The predicted molar refractivity (Wildman–Crippen MR) is 76.8 cm³/mol. The molecule has 1 aromatic carbocycles. The molecular formula is C17H25N. The third kappa shape index (κ3) is 1.89. The van der Waals surface area contributed by atoms with Crippen molar-refractivity contribution in [2.75, 3.05) is 6.54 Å². The number of benzene rings is 1. The normalized spacial score (nSPS) is 34.9. The van der Waals surface area contributed by atoms with Crippen molar-refractivity contribution in [3.63, 3.8) is 0 Å². The summed E-state index contributed by atoms with van der Waals surface area (Å²) >= 11 is 0. The van der Waals surface area contributed by atoms with Crippen LogP contribution in [0.2, 0.25) is 0 Å². The Morgan fingerprint density at radius 3 is 2.22 bits per heavy atom. The molecule has 1 heteroatoms. The maximum atomic E-state index is 3.71. The lowest BCUT2D eigenvalue weighted by Crippen LogP contribution is -2.48. The van der Waals surface area contributed by atoms with Crippen LogP contribution in [0.25, 0.3) is 0 Å². The SMILES string of the molecule is CC1(C)NCCC12CCC(c1ccccc1)CC2. The van der Waals surface area contributed by atoms with E-state index >= 15 is 0 Å². The quantitative estimate of drug-likeness (QED) is 0.783. The molecule has 2 fully saturated rings. The first kappa shape index (κ1) is 12.2. The van der Waals surface area contributed by atoms with Crippen molar-refractivity contribution < 1.29 is 0 Å². The lowest BCUT2D eigenvalue weighted by Gasteiger charge is -2.46. The molecule has 1 N–H and O–H groups in total. The highest BCUT2D eigenvalue weighted by molar-refractivity contribution is 5.21. The van der Waals surface area contributed by atoms with E-state index in [1.54, 1.807) is 5.56 Å². The van der Waals surface area contributed by atoms with E-state index in [1.165, 1.54) is 38.6 Å². The summed E-state index contributed by atoms with van der Waals surface area (Å²) in [6.45, 7) is 6.02. The van der Waals surface area contributed by atoms with Crippen LogP contribution >= 0.6 is 0 Å². The van der Waals surface area contributed by atoms with Gasteiger partial charge < -0.3 is 5.32 Å². The number of hydrogen-bond donors (Lipinski definition) is 1. The van der Waals surface area contributed by atoms with Gasteiger partial charge in [0, 0.05) is 5.54 Å². The summed E-state index contributed by atoms with van der Waals surface area (Å²) in [5, 5.41) is 3.71. The van der Waals surface area contributed by atoms with Gasteiger partial charge in [-0.05, 0) is 69.4 Å². The molecule has 1 spiro atoms. The predicted octanol–water partition coefficient (Wildman–Crippen LogP) is 4.10. The van der Waals surface area contributed by atoms with Gasteiger partial charge in [0.2, 0.25) is 0 Å². The minimum absolute atomic E-state index is 0.342. The lowest BCUT2D eigenvalue weighted by atomic mass is 9.61. The van der Waals surface area contributed by atoms with Gasteiger partial charge in [-0.15, -0.1) is 0 Å². The first-order valence-corrected chi connectivity index (χ1v) is 7.43. The molecule has 1 aliphatic carbocycles. The summed E-state index contributed by atoms with van der Waals surface area (Å²) in [4.78, 5) is 0. The van der Waals surface area contributed by atoms with Gasteiger partial charge in [-0.2, -0.15) is 0 Å². The summed E-state index contributed by atoms with van der Waals surface area (Å²) in [6, 6.07) is 11.1. The van der Waals surface area contributed by atoms with Gasteiger partial charge >= 0.3 is 0 Å². The molecule has 1 aromatic rings. The van der Waals surface area contributed by atoms with Crippen molar-refractivity contribution in [2.45, 2.75) is 57.4 Å². The van der Waals surface area contributed by atoms with Crippen LogP contribution in [0.15, 0.2) is 30.3 Å². The average molecular weight is 243 g/mol.